The van der Waals surface area contributed by atoms with Gasteiger partial charge in [0.15, 0.2) is 12.4 Å². The summed E-state index contributed by atoms with van der Waals surface area (Å²) in [5, 5.41) is 25.6. The van der Waals surface area contributed by atoms with Crippen molar-refractivity contribution in [3.05, 3.63) is 42.7 Å². The van der Waals surface area contributed by atoms with Crippen LogP contribution in [0.3, 0.4) is 0 Å². The van der Waals surface area contributed by atoms with Gasteiger partial charge in [-0.1, -0.05) is 147 Å². The molecule has 45 heavy (non-hydrogen) atoms. The molecule has 0 aliphatic heterocycles. The number of aryl methyl sites for hydroxylation is 1. The van der Waals surface area contributed by atoms with Crippen LogP contribution < -0.4 is 32.2 Å². The Balaban J connectivity index is 0.0000194. The maximum Gasteiger partial charge on any atom is 0.315 e. The molecular formula is C38H70BrN3O3. The van der Waals surface area contributed by atoms with E-state index in [2.05, 4.69) is 52.7 Å². The first-order valence-corrected chi connectivity index (χ1v) is 18.6. The molecule has 2 atom stereocenters. The predicted octanol–water partition coefficient (Wildman–Crippen LogP) is 5.94. The number of nitrogens with one attached hydrogen (secondary N) is 2. The molecule has 1 heterocycles. The third-order valence-corrected chi connectivity index (χ3v) is 8.64. The quantitative estimate of drug-likeness (QED) is 0.0441. The molecule has 4 N–H and O–H groups in total. The second-order valence-electron chi connectivity index (χ2n) is 12.8. The SMILES string of the molecule is CCCCCCCCCCCCCCNC(=O)N[C@@H](CO)[C@H](O)/C=C/CCCCCCCCCCCCC[n+]1ccccc1.[Br-]. The molecule has 0 aliphatic rings. The molecule has 0 saturated carbocycles. The lowest BCUT2D eigenvalue weighted by molar-refractivity contribution is -0.697. The highest BCUT2D eigenvalue weighted by Gasteiger charge is 2.17. The van der Waals surface area contributed by atoms with Crippen LogP contribution in [-0.2, 0) is 6.54 Å². The number of nitrogens with zero attached hydrogens (tertiary/aromatic N) is 1. The lowest BCUT2D eigenvalue weighted by Gasteiger charge is -2.20. The van der Waals surface area contributed by atoms with E-state index in [-0.39, 0.29) is 29.6 Å². The smallest absolute Gasteiger partial charge is 0.315 e. The minimum atomic E-state index is -0.880. The summed E-state index contributed by atoms with van der Waals surface area (Å²) in [7, 11) is 0. The number of carbonyl (C=O) groups excluding carboxylic acids is 1. The molecule has 1 aromatic rings. The average molecular weight is 697 g/mol. The highest BCUT2D eigenvalue weighted by Crippen LogP contribution is 2.13. The molecule has 0 fully saturated rings. The number of unbranched alkanes of at least 4 members (excludes halogenated alkanes) is 22. The van der Waals surface area contributed by atoms with E-state index in [0.717, 1.165) is 32.2 Å². The predicted molar refractivity (Wildman–Crippen MR) is 186 cm³/mol. The van der Waals surface area contributed by atoms with Crippen LogP contribution in [0.25, 0.3) is 0 Å². The highest BCUT2D eigenvalue weighted by atomic mass is 79.9. The largest absolute Gasteiger partial charge is 1.00 e. The molecule has 7 heteroatoms. The van der Waals surface area contributed by atoms with Crippen molar-refractivity contribution in [1.82, 2.24) is 10.6 Å². The number of halogens is 1. The monoisotopic (exact) mass is 695 g/mol. The molecule has 0 spiro atoms. The summed E-state index contributed by atoms with van der Waals surface area (Å²) in [6, 6.07) is 5.25. The van der Waals surface area contributed by atoms with Gasteiger partial charge >= 0.3 is 6.03 Å². The molecule has 6 nitrogen and oxygen atoms in total. The van der Waals surface area contributed by atoms with E-state index in [1.54, 1.807) is 6.08 Å². The van der Waals surface area contributed by atoms with E-state index in [0.29, 0.717) is 6.54 Å². The number of aliphatic hydroxyl groups excluding tert-OH is 2. The van der Waals surface area contributed by atoms with Crippen LogP contribution in [0.1, 0.15) is 161 Å². The highest BCUT2D eigenvalue weighted by molar-refractivity contribution is 5.74. The van der Waals surface area contributed by atoms with Crippen LogP contribution >= 0.6 is 0 Å². The Morgan fingerprint density at radius 3 is 1.67 bits per heavy atom. The molecule has 1 aromatic heterocycles. The van der Waals surface area contributed by atoms with Gasteiger partial charge in [-0.2, -0.15) is 0 Å². The Hall–Kier alpha value is -1.44. The number of aliphatic hydroxyl groups is 2. The number of carbonyl (C=O) groups is 1. The van der Waals surface area contributed by atoms with Crippen molar-refractivity contribution in [3.63, 3.8) is 0 Å². The number of hydrogen-bond donors (Lipinski definition) is 4. The van der Waals surface area contributed by atoms with Crippen molar-refractivity contribution in [2.45, 2.75) is 180 Å². The number of rotatable bonds is 31. The van der Waals surface area contributed by atoms with Crippen LogP contribution in [0.5, 0.6) is 0 Å². The number of urea groups is 1. The molecule has 0 unspecified atom stereocenters. The van der Waals surface area contributed by atoms with Gasteiger partial charge in [0.25, 0.3) is 0 Å². The van der Waals surface area contributed by atoms with Crippen molar-refractivity contribution >= 4 is 6.03 Å². The summed E-state index contributed by atoms with van der Waals surface area (Å²) >= 11 is 0. The van der Waals surface area contributed by atoms with E-state index < -0.39 is 12.1 Å². The minimum Gasteiger partial charge on any atom is -1.00 e. The Morgan fingerprint density at radius 1 is 0.689 bits per heavy atom. The van der Waals surface area contributed by atoms with Crippen LogP contribution in [0.4, 0.5) is 4.79 Å². The molecule has 1 rings (SSSR count). The summed E-state index contributed by atoms with van der Waals surface area (Å²) in [4.78, 5) is 12.2. The van der Waals surface area contributed by atoms with E-state index in [1.165, 1.54) is 128 Å². The number of allylic oxidation sites excluding steroid dienone is 1. The third kappa shape index (κ3) is 28.5. The van der Waals surface area contributed by atoms with Gasteiger partial charge in [-0.3, -0.25) is 0 Å². The normalized spacial score (nSPS) is 12.6. The lowest BCUT2D eigenvalue weighted by atomic mass is 10.0. The van der Waals surface area contributed by atoms with Gasteiger partial charge in [0.2, 0.25) is 0 Å². The maximum atomic E-state index is 12.2. The first-order valence-electron chi connectivity index (χ1n) is 18.6. The Bertz CT molecular complexity index is 781. The Labute approximate surface area is 288 Å². The molecule has 2 amide bonds. The van der Waals surface area contributed by atoms with Crippen LogP contribution in [-0.4, -0.2) is 41.5 Å². The van der Waals surface area contributed by atoms with Crippen LogP contribution in [0.15, 0.2) is 42.7 Å². The molecule has 0 aliphatic carbocycles. The van der Waals surface area contributed by atoms with Crippen molar-refractivity contribution in [2.24, 2.45) is 0 Å². The van der Waals surface area contributed by atoms with Crippen molar-refractivity contribution < 1.29 is 36.6 Å². The summed E-state index contributed by atoms with van der Waals surface area (Å²) in [5.74, 6) is 0. The van der Waals surface area contributed by atoms with Crippen LogP contribution in [0.2, 0.25) is 0 Å². The van der Waals surface area contributed by atoms with Gasteiger partial charge in [0, 0.05) is 25.1 Å². The van der Waals surface area contributed by atoms with Crippen LogP contribution in [0, 0.1) is 0 Å². The van der Waals surface area contributed by atoms with E-state index in [4.69, 9.17) is 0 Å². The topological polar surface area (TPSA) is 85.5 Å². The van der Waals surface area contributed by atoms with Gasteiger partial charge in [-0.25, -0.2) is 9.36 Å². The molecule has 0 aromatic carbocycles. The lowest BCUT2D eigenvalue weighted by Crippen LogP contribution is -3.00. The zero-order valence-corrected chi connectivity index (χ0v) is 30.5. The van der Waals surface area contributed by atoms with Gasteiger partial charge in [0.05, 0.1) is 18.8 Å². The van der Waals surface area contributed by atoms with Crippen molar-refractivity contribution in [2.75, 3.05) is 13.2 Å². The van der Waals surface area contributed by atoms with Crippen molar-refractivity contribution in [3.8, 4) is 0 Å². The zero-order chi connectivity index (χ0) is 31.8. The van der Waals surface area contributed by atoms with Gasteiger partial charge in [0.1, 0.15) is 6.54 Å². The Kier molecular flexibility index (Phi) is 32.8. The molecule has 0 bridgehead atoms. The minimum absolute atomic E-state index is 0. The standard InChI is InChI=1S/C38H69N3O3.BrH/c1-2-3-4-5-6-7-8-13-16-19-22-26-31-39-38(44)40-36(35-42)37(43)30-25-21-18-15-12-10-9-11-14-17-20-23-27-32-41-33-28-24-29-34-41;/h24-25,28-30,33-34,36-37,42-43H,2-23,26-27,31-32,35H2,1H3,(H-,39,40,44);1H/b30-25+;/t36-,37+;/m0./s1. The van der Waals surface area contributed by atoms with Gasteiger partial charge < -0.3 is 37.8 Å². The van der Waals surface area contributed by atoms with Crippen molar-refractivity contribution in [1.29, 1.82) is 0 Å². The molecule has 0 radical (unpaired) electrons. The second kappa shape index (κ2) is 33.9. The third-order valence-electron chi connectivity index (χ3n) is 8.64. The molecular weight excluding hydrogens is 626 g/mol. The summed E-state index contributed by atoms with van der Waals surface area (Å²) in [6.07, 6.45) is 37.8. The fraction of sp³-hybridized carbons (Fsp3) is 0.789. The fourth-order valence-corrected chi connectivity index (χ4v) is 5.73. The first-order chi connectivity index (χ1) is 21.7. The first kappa shape index (κ1) is 43.6. The number of amides is 2. The number of pyridine rings is 1. The Morgan fingerprint density at radius 2 is 1.16 bits per heavy atom. The molecule has 262 valence electrons. The molecule has 0 saturated heterocycles. The number of aromatic nitrogens is 1. The fourth-order valence-electron chi connectivity index (χ4n) is 5.73. The summed E-state index contributed by atoms with van der Waals surface area (Å²) in [6.45, 7) is 3.73. The second-order valence-corrected chi connectivity index (χ2v) is 12.8. The van der Waals surface area contributed by atoms with Gasteiger partial charge in [-0.05, 0) is 25.7 Å². The average Bonchev–Trinajstić information content (AvgIpc) is 3.04. The summed E-state index contributed by atoms with van der Waals surface area (Å²) < 4.78 is 2.27. The summed E-state index contributed by atoms with van der Waals surface area (Å²) in [5.41, 5.74) is 0. The van der Waals surface area contributed by atoms with E-state index in [1.807, 2.05) is 6.08 Å². The number of hydrogen-bond acceptors (Lipinski definition) is 3. The zero-order valence-electron chi connectivity index (χ0n) is 28.9. The van der Waals surface area contributed by atoms with Gasteiger partial charge in [-0.15, -0.1) is 0 Å². The van der Waals surface area contributed by atoms with E-state index >= 15 is 0 Å². The van der Waals surface area contributed by atoms with E-state index in [9.17, 15) is 15.0 Å². The maximum absolute atomic E-state index is 12.2.